The third kappa shape index (κ3) is 4.42. The summed E-state index contributed by atoms with van der Waals surface area (Å²) in [5, 5.41) is 13.1. The van der Waals surface area contributed by atoms with Crippen LogP contribution in [0.4, 0.5) is 10.3 Å². The van der Waals surface area contributed by atoms with Crippen molar-refractivity contribution in [2.24, 2.45) is 0 Å². The van der Waals surface area contributed by atoms with Gasteiger partial charge in [-0.15, -0.1) is 21.5 Å². The Morgan fingerprint density at radius 3 is 2.85 bits per heavy atom. The normalized spacial score (nSPS) is 10.5. The van der Waals surface area contributed by atoms with Crippen molar-refractivity contribution in [2.45, 2.75) is 4.34 Å². The lowest BCUT2D eigenvalue weighted by molar-refractivity contribution is -0.113. The van der Waals surface area contributed by atoms with Gasteiger partial charge in [-0.05, 0) is 12.1 Å². The van der Waals surface area contributed by atoms with E-state index in [4.69, 9.17) is 15.2 Å². The van der Waals surface area contributed by atoms with Gasteiger partial charge >= 0.3 is 0 Å². The first-order chi connectivity index (χ1) is 12.6. The third-order valence-electron chi connectivity index (χ3n) is 3.18. The predicted molar refractivity (Wildman–Crippen MR) is 104 cm³/mol. The lowest BCUT2D eigenvalue weighted by atomic mass is 10.1. The van der Waals surface area contributed by atoms with Crippen molar-refractivity contribution in [1.29, 1.82) is 0 Å². The second-order valence-electron chi connectivity index (χ2n) is 4.85. The number of hydrogen-bond acceptors (Lipinski definition) is 10. The zero-order valence-corrected chi connectivity index (χ0v) is 16.3. The first-order valence-electron chi connectivity index (χ1n) is 7.28. The molecule has 136 valence electrons. The molecule has 0 spiro atoms. The molecule has 11 heteroatoms. The van der Waals surface area contributed by atoms with Gasteiger partial charge in [-0.3, -0.25) is 4.79 Å². The van der Waals surface area contributed by atoms with E-state index in [-0.39, 0.29) is 11.7 Å². The highest BCUT2D eigenvalue weighted by molar-refractivity contribution is 8.01. The van der Waals surface area contributed by atoms with E-state index in [9.17, 15) is 4.79 Å². The van der Waals surface area contributed by atoms with Crippen molar-refractivity contribution in [3.8, 4) is 22.8 Å². The number of thioether (sulfide) groups is 1. The van der Waals surface area contributed by atoms with E-state index in [1.54, 1.807) is 20.3 Å². The summed E-state index contributed by atoms with van der Waals surface area (Å²) in [4.78, 5) is 16.5. The number of aromatic nitrogens is 3. The summed E-state index contributed by atoms with van der Waals surface area (Å²) in [5.41, 5.74) is 7.05. The fourth-order valence-corrected chi connectivity index (χ4v) is 4.19. The van der Waals surface area contributed by atoms with Crippen LogP contribution in [0.15, 0.2) is 27.9 Å². The number of carbonyl (C=O) groups excluding carboxylic acids is 1. The smallest absolute Gasteiger partial charge is 0.236 e. The highest BCUT2D eigenvalue weighted by Crippen LogP contribution is 2.35. The number of anilines is 2. The van der Waals surface area contributed by atoms with Crippen LogP contribution in [-0.2, 0) is 4.79 Å². The van der Waals surface area contributed by atoms with Gasteiger partial charge in [0.25, 0.3) is 0 Å². The van der Waals surface area contributed by atoms with Crippen molar-refractivity contribution in [1.82, 2.24) is 15.2 Å². The number of nitrogens with one attached hydrogen (secondary N) is 1. The molecule has 0 bridgehead atoms. The second kappa shape index (κ2) is 8.34. The molecule has 26 heavy (non-hydrogen) atoms. The number of rotatable bonds is 7. The SMILES string of the molecule is COc1ccc(-c2csc(NC(=O)CSc3nnc(N)s3)n2)c(OC)c1. The summed E-state index contributed by atoms with van der Waals surface area (Å²) in [6.45, 7) is 0. The Kier molecular flexibility index (Phi) is 5.91. The van der Waals surface area contributed by atoms with Crippen molar-refractivity contribution in [2.75, 3.05) is 31.0 Å². The molecule has 0 radical (unpaired) electrons. The molecule has 2 aromatic heterocycles. The summed E-state index contributed by atoms with van der Waals surface area (Å²) in [6.07, 6.45) is 0. The van der Waals surface area contributed by atoms with Crippen LogP contribution < -0.4 is 20.5 Å². The Balaban J connectivity index is 1.65. The third-order valence-corrected chi connectivity index (χ3v) is 5.83. The Morgan fingerprint density at radius 2 is 2.15 bits per heavy atom. The minimum absolute atomic E-state index is 0.175. The Morgan fingerprint density at radius 1 is 1.31 bits per heavy atom. The number of methoxy groups -OCH3 is 2. The second-order valence-corrected chi connectivity index (χ2v) is 7.94. The summed E-state index contributed by atoms with van der Waals surface area (Å²) in [5.74, 6) is 1.38. The summed E-state index contributed by atoms with van der Waals surface area (Å²) in [6, 6.07) is 5.49. The van der Waals surface area contributed by atoms with E-state index in [0.29, 0.717) is 31.8 Å². The molecule has 0 unspecified atom stereocenters. The van der Waals surface area contributed by atoms with Crippen molar-refractivity contribution >= 4 is 50.6 Å². The van der Waals surface area contributed by atoms with Crippen molar-refractivity contribution in [3.05, 3.63) is 23.6 Å². The number of amides is 1. The first kappa shape index (κ1) is 18.4. The van der Waals surface area contributed by atoms with E-state index < -0.39 is 0 Å². The van der Waals surface area contributed by atoms with E-state index >= 15 is 0 Å². The van der Waals surface area contributed by atoms with Crippen LogP contribution in [0, 0.1) is 0 Å². The van der Waals surface area contributed by atoms with Gasteiger partial charge in [0.15, 0.2) is 9.47 Å². The molecule has 0 fully saturated rings. The van der Waals surface area contributed by atoms with E-state index in [1.165, 1.54) is 34.4 Å². The quantitative estimate of drug-likeness (QED) is 0.573. The van der Waals surface area contributed by atoms with E-state index in [0.717, 1.165) is 5.56 Å². The monoisotopic (exact) mass is 409 g/mol. The average molecular weight is 410 g/mol. The summed E-state index contributed by atoms with van der Waals surface area (Å²) in [7, 11) is 3.18. The largest absolute Gasteiger partial charge is 0.497 e. The van der Waals surface area contributed by atoms with Crippen LogP contribution in [0.5, 0.6) is 11.5 Å². The number of benzene rings is 1. The molecule has 1 aromatic carbocycles. The van der Waals surface area contributed by atoms with Crippen LogP contribution >= 0.6 is 34.4 Å². The Hall–Kier alpha value is -2.37. The van der Waals surface area contributed by atoms with Gasteiger partial charge < -0.3 is 20.5 Å². The maximum atomic E-state index is 12.1. The molecule has 2 heterocycles. The van der Waals surface area contributed by atoms with Crippen LogP contribution in [0.1, 0.15) is 0 Å². The van der Waals surface area contributed by atoms with E-state index in [2.05, 4.69) is 20.5 Å². The average Bonchev–Trinajstić information content (AvgIpc) is 3.28. The highest BCUT2D eigenvalue weighted by atomic mass is 32.2. The molecule has 0 aliphatic rings. The zero-order valence-electron chi connectivity index (χ0n) is 13.9. The lowest BCUT2D eigenvalue weighted by Crippen LogP contribution is -2.13. The molecule has 3 aromatic rings. The number of hydrogen-bond donors (Lipinski definition) is 2. The predicted octanol–water partition coefficient (Wildman–Crippen LogP) is 2.99. The first-order valence-corrected chi connectivity index (χ1v) is 9.96. The van der Waals surface area contributed by atoms with Gasteiger partial charge in [-0.25, -0.2) is 4.98 Å². The summed E-state index contributed by atoms with van der Waals surface area (Å²) < 4.78 is 11.2. The van der Waals surface area contributed by atoms with Crippen LogP contribution in [0.2, 0.25) is 0 Å². The van der Waals surface area contributed by atoms with Gasteiger partial charge in [-0.2, -0.15) is 0 Å². The molecule has 3 N–H and O–H groups in total. The van der Waals surface area contributed by atoms with Crippen LogP contribution in [0.25, 0.3) is 11.3 Å². The number of carbonyl (C=O) groups is 1. The molecule has 0 saturated heterocycles. The van der Waals surface area contributed by atoms with Crippen LogP contribution in [0.3, 0.4) is 0 Å². The molecule has 0 aliphatic carbocycles. The van der Waals surface area contributed by atoms with Crippen molar-refractivity contribution < 1.29 is 14.3 Å². The lowest BCUT2D eigenvalue weighted by Gasteiger charge is -2.08. The highest BCUT2D eigenvalue weighted by Gasteiger charge is 2.13. The minimum Gasteiger partial charge on any atom is -0.497 e. The molecule has 0 atom stereocenters. The number of nitrogens with zero attached hydrogens (tertiary/aromatic N) is 3. The maximum absolute atomic E-state index is 12.1. The van der Waals surface area contributed by atoms with Gasteiger partial charge in [0.1, 0.15) is 11.5 Å². The molecule has 0 saturated carbocycles. The standard InChI is InChI=1S/C15H15N5O3S3/c1-22-8-3-4-9(11(5-8)23-2)10-6-24-14(17-10)18-12(21)7-25-15-20-19-13(16)26-15/h3-6H,7H2,1-2H3,(H2,16,19)(H,17,18,21). The molecule has 1 amide bonds. The van der Waals surface area contributed by atoms with E-state index in [1.807, 2.05) is 17.5 Å². The number of thiazole rings is 1. The van der Waals surface area contributed by atoms with Crippen LogP contribution in [-0.4, -0.2) is 41.1 Å². The fraction of sp³-hybridized carbons (Fsp3) is 0.200. The number of nitrogens with two attached hydrogens (primary N) is 1. The van der Waals surface area contributed by atoms with Gasteiger partial charge in [0.2, 0.25) is 11.0 Å². The molecular formula is C15H15N5O3S3. The van der Waals surface area contributed by atoms with Gasteiger partial charge in [0.05, 0.1) is 25.7 Å². The Bertz CT molecular complexity index is 912. The number of ether oxygens (including phenoxy) is 2. The van der Waals surface area contributed by atoms with Gasteiger partial charge in [0, 0.05) is 17.0 Å². The molecule has 8 nitrogen and oxygen atoms in total. The molecular weight excluding hydrogens is 394 g/mol. The number of nitrogen functional groups attached to an aromatic ring is 1. The fourth-order valence-electron chi connectivity index (χ4n) is 2.03. The molecule has 3 rings (SSSR count). The zero-order chi connectivity index (χ0) is 18.5. The van der Waals surface area contributed by atoms with Crippen molar-refractivity contribution in [3.63, 3.8) is 0 Å². The molecule has 0 aliphatic heterocycles. The maximum Gasteiger partial charge on any atom is 0.236 e. The topological polar surface area (TPSA) is 112 Å². The van der Waals surface area contributed by atoms with Gasteiger partial charge in [-0.1, -0.05) is 23.1 Å². The Labute approximate surface area is 161 Å². The minimum atomic E-state index is -0.175. The summed E-state index contributed by atoms with van der Waals surface area (Å²) >= 11 is 3.87.